The Kier molecular flexibility index (Phi) is 3.80. The molecular formula is C11H5Cl3FNO2. The van der Waals surface area contributed by atoms with Gasteiger partial charge in [0.15, 0.2) is 16.8 Å². The van der Waals surface area contributed by atoms with E-state index in [1.807, 2.05) is 0 Å². The summed E-state index contributed by atoms with van der Waals surface area (Å²) in [6.07, 6.45) is 0. The average molecular weight is 309 g/mol. The first-order valence-electron chi connectivity index (χ1n) is 4.68. The number of furan rings is 1. The van der Waals surface area contributed by atoms with Crippen molar-refractivity contribution in [2.75, 3.05) is 5.32 Å². The molecule has 0 atom stereocenters. The quantitative estimate of drug-likeness (QED) is 0.822. The third-order valence-electron chi connectivity index (χ3n) is 2.04. The van der Waals surface area contributed by atoms with Crippen LogP contribution in [-0.4, -0.2) is 5.91 Å². The molecule has 0 fully saturated rings. The van der Waals surface area contributed by atoms with E-state index in [2.05, 4.69) is 5.32 Å². The Morgan fingerprint density at radius 3 is 2.28 bits per heavy atom. The zero-order valence-electron chi connectivity index (χ0n) is 8.64. The topological polar surface area (TPSA) is 42.2 Å². The maximum absolute atomic E-state index is 13.2. The van der Waals surface area contributed by atoms with Crippen LogP contribution in [0.25, 0.3) is 0 Å². The SMILES string of the molecule is O=C(Nc1cc(Cl)c(F)c(Cl)c1)c1ccc(Cl)o1. The van der Waals surface area contributed by atoms with Crippen molar-refractivity contribution < 1.29 is 13.6 Å². The van der Waals surface area contributed by atoms with Gasteiger partial charge in [-0.1, -0.05) is 23.2 Å². The van der Waals surface area contributed by atoms with Gasteiger partial charge in [-0.05, 0) is 35.9 Å². The zero-order valence-corrected chi connectivity index (χ0v) is 10.9. The van der Waals surface area contributed by atoms with Gasteiger partial charge in [0.25, 0.3) is 5.91 Å². The summed E-state index contributed by atoms with van der Waals surface area (Å²) < 4.78 is 18.1. The van der Waals surface area contributed by atoms with Gasteiger partial charge in [0.2, 0.25) is 0 Å². The molecule has 1 aromatic carbocycles. The number of hydrogen-bond acceptors (Lipinski definition) is 2. The zero-order chi connectivity index (χ0) is 13.3. The van der Waals surface area contributed by atoms with Gasteiger partial charge in [-0.15, -0.1) is 0 Å². The summed E-state index contributed by atoms with van der Waals surface area (Å²) in [5.41, 5.74) is 0.254. The Balaban J connectivity index is 2.22. The second-order valence-corrected chi connectivity index (χ2v) is 4.50. The first kappa shape index (κ1) is 13.2. The highest BCUT2D eigenvalue weighted by molar-refractivity contribution is 6.35. The molecule has 0 spiro atoms. The Bertz CT molecular complexity index is 589. The predicted octanol–water partition coefficient (Wildman–Crippen LogP) is 4.63. The highest BCUT2D eigenvalue weighted by Gasteiger charge is 2.13. The van der Waals surface area contributed by atoms with Crippen LogP contribution in [0.1, 0.15) is 10.6 Å². The highest BCUT2D eigenvalue weighted by Crippen LogP contribution is 2.27. The number of amides is 1. The molecule has 3 nitrogen and oxygen atoms in total. The second kappa shape index (κ2) is 5.18. The molecule has 2 aromatic rings. The molecule has 1 aromatic heterocycles. The maximum Gasteiger partial charge on any atom is 0.291 e. The normalized spacial score (nSPS) is 10.4. The van der Waals surface area contributed by atoms with Crippen molar-refractivity contribution in [3.63, 3.8) is 0 Å². The van der Waals surface area contributed by atoms with Crippen LogP contribution < -0.4 is 5.32 Å². The van der Waals surface area contributed by atoms with E-state index in [9.17, 15) is 9.18 Å². The summed E-state index contributed by atoms with van der Waals surface area (Å²) in [7, 11) is 0. The lowest BCUT2D eigenvalue weighted by molar-refractivity contribution is 0.0997. The van der Waals surface area contributed by atoms with Gasteiger partial charge >= 0.3 is 0 Å². The van der Waals surface area contributed by atoms with Crippen molar-refractivity contribution in [1.82, 2.24) is 0 Å². The Hall–Kier alpha value is -1.23. The molecule has 7 heteroatoms. The van der Waals surface area contributed by atoms with Gasteiger partial charge in [-0.2, -0.15) is 0 Å². The van der Waals surface area contributed by atoms with Gasteiger partial charge < -0.3 is 9.73 Å². The monoisotopic (exact) mass is 307 g/mol. The number of carbonyl (C=O) groups excluding carboxylic acids is 1. The molecule has 0 saturated carbocycles. The fourth-order valence-electron chi connectivity index (χ4n) is 1.26. The third kappa shape index (κ3) is 2.77. The lowest BCUT2D eigenvalue weighted by atomic mass is 10.3. The summed E-state index contributed by atoms with van der Waals surface area (Å²) in [5, 5.41) is 2.18. The summed E-state index contributed by atoms with van der Waals surface area (Å²) in [5.74, 6) is -1.26. The van der Waals surface area contributed by atoms with Gasteiger partial charge in [0.1, 0.15) is 0 Å². The molecule has 0 unspecified atom stereocenters. The number of anilines is 1. The van der Waals surface area contributed by atoms with Crippen molar-refractivity contribution in [3.05, 3.63) is 51.1 Å². The maximum atomic E-state index is 13.2. The molecule has 2 rings (SSSR count). The van der Waals surface area contributed by atoms with Crippen molar-refractivity contribution in [2.24, 2.45) is 0 Å². The van der Waals surface area contributed by atoms with E-state index in [-0.39, 0.29) is 26.7 Å². The van der Waals surface area contributed by atoms with E-state index in [0.29, 0.717) is 0 Å². The van der Waals surface area contributed by atoms with Crippen LogP contribution in [0.4, 0.5) is 10.1 Å². The predicted molar refractivity (Wildman–Crippen MR) is 68.1 cm³/mol. The minimum Gasteiger partial charge on any atom is -0.440 e. The molecule has 94 valence electrons. The number of nitrogens with one attached hydrogen (secondary N) is 1. The average Bonchev–Trinajstić information content (AvgIpc) is 2.72. The Morgan fingerprint density at radius 1 is 1.17 bits per heavy atom. The summed E-state index contributed by atoms with van der Waals surface area (Å²) >= 11 is 16.7. The van der Waals surface area contributed by atoms with Crippen LogP contribution in [0.2, 0.25) is 15.3 Å². The molecular weight excluding hydrogens is 303 g/mol. The van der Waals surface area contributed by atoms with Gasteiger partial charge in [0.05, 0.1) is 10.0 Å². The smallest absolute Gasteiger partial charge is 0.291 e. The standard InChI is InChI=1S/C11H5Cl3FNO2/c12-6-3-5(4-7(13)10(6)15)16-11(17)8-1-2-9(14)18-8/h1-4H,(H,16,17). The van der Waals surface area contributed by atoms with Crippen LogP contribution in [0.5, 0.6) is 0 Å². The van der Waals surface area contributed by atoms with Crippen LogP contribution >= 0.6 is 34.8 Å². The molecule has 0 aliphatic heterocycles. The molecule has 1 N–H and O–H groups in total. The number of benzene rings is 1. The fraction of sp³-hybridized carbons (Fsp3) is 0. The molecule has 1 amide bonds. The number of hydrogen-bond donors (Lipinski definition) is 1. The number of halogens is 4. The lowest BCUT2D eigenvalue weighted by Crippen LogP contribution is -2.10. The van der Waals surface area contributed by atoms with Crippen LogP contribution in [0.15, 0.2) is 28.7 Å². The number of carbonyl (C=O) groups is 1. The molecule has 0 saturated heterocycles. The molecule has 0 aliphatic rings. The van der Waals surface area contributed by atoms with E-state index in [4.69, 9.17) is 39.2 Å². The molecule has 0 bridgehead atoms. The van der Waals surface area contributed by atoms with E-state index >= 15 is 0 Å². The van der Waals surface area contributed by atoms with Gasteiger partial charge in [-0.25, -0.2) is 4.39 Å². The van der Waals surface area contributed by atoms with Crippen molar-refractivity contribution in [2.45, 2.75) is 0 Å². The first-order valence-corrected chi connectivity index (χ1v) is 5.82. The molecule has 0 radical (unpaired) electrons. The molecule has 18 heavy (non-hydrogen) atoms. The van der Waals surface area contributed by atoms with Crippen molar-refractivity contribution >= 4 is 46.4 Å². The van der Waals surface area contributed by atoms with Crippen LogP contribution in [0, 0.1) is 5.82 Å². The van der Waals surface area contributed by atoms with E-state index in [1.54, 1.807) is 0 Å². The lowest BCUT2D eigenvalue weighted by Gasteiger charge is -2.05. The minimum atomic E-state index is -0.739. The van der Waals surface area contributed by atoms with Crippen molar-refractivity contribution in [3.8, 4) is 0 Å². The minimum absolute atomic E-state index is 0.0246. The number of rotatable bonds is 2. The van der Waals surface area contributed by atoms with Crippen molar-refractivity contribution in [1.29, 1.82) is 0 Å². The van der Waals surface area contributed by atoms with Crippen LogP contribution in [0.3, 0.4) is 0 Å². The Labute approximate surface area is 116 Å². The van der Waals surface area contributed by atoms with Gasteiger partial charge in [-0.3, -0.25) is 4.79 Å². The summed E-state index contributed by atoms with van der Waals surface area (Å²) in [6, 6.07) is 5.32. The Morgan fingerprint density at radius 2 is 1.78 bits per heavy atom. The summed E-state index contributed by atoms with van der Waals surface area (Å²) in [6.45, 7) is 0. The largest absolute Gasteiger partial charge is 0.440 e. The fourth-order valence-corrected chi connectivity index (χ4v) is 1.89. The highest BCUT2D eigenvalue weighted by atomic mass is 35.5. The molecule has 1 heterocycles. The van der Waals surface area contributed by atoms with E-state index in [1.165, 1.54) is 24.3 Å². The van der Waals surface area contributed by atoms with E-state index < -0.39 is 11.7 Å². The molecule has 0 aliphatic carbocycles. The second-order valence-electron chi connectivity index (χ2n) is 3.31. The third-order valence-corrected chi connectivity index (χ3v) is 2.79. The summed E-state index contributed by atoms with van der Waals surface area (Å²) in [4.78, 5) is 11.7. The first-order chi connectivity index (χ1) is 8.47. The van der Waals surface area contributed by atoms with Crippen LogP contribution in [-0.2, 0) is 0 Å². The van der Waals surface area contributed by atoms with E-state index in [0.717, 1.165) is 0 Å². The van der Waals surface area contributed by atoms with Gasteiger partial charge in [0, 0.05) is 5.69 Å².